The molecule has 0 atom stereocenters. The van der Waals surface area contributed by atoms with Crippen LogP contribution in [0.15, 0.2) is 36.0 Å². The van der Waals surface area contributed by atoms with E-state index in [1.807, 2.05) is 24.3 Å². The molecule has 1 amide bonds. The number of hydrogen-bond acceptors (Lipinski definition) is 5. The topological polar surface area (TPSA) is 58.1 Å². The molecule has 0 unspecified atom stereocenters. The highest BCUT2D eigenvalue weighted by Gasteiger charge is 2.20. The number of hydrogen-bond donors (Lipinski definition) is 1. The van der Waals surface area contributed by atoms with Gasteiger partial charge in [0.2, 0.25) is 5.91 Å². The zero-order valence-electron chi connectivity index (χ0n) is 12.8. The van der Waals surface area contributed by atoms with Crippen molar-refractivity contribution in [2.24, 2.45) is 0 Å². The number of halogens is 1. The van der Waals surface area contributed by atoms with Gasteiger partial charge in [0.15, 0.2) is 0 Å². The van der Waals surface area contributed by atoms with E-state index in [1.54, 1.807) is 17.7 Å². The Balaban J connectivity index is 1.82. The molecular weight excluding hydrogens is 344 g/mol. The molecule has 1 saturated heterocycles. The summed E-state index contributed by atoms with van der Waals surface area (Å²) in [6.45, 7) is 2.03. The molecule has 122 valence electrons. The van der Waals surface area contributed by atoms with Crippen LogP contribution in [0.4, 0.5) is 5.82 Å². The maximum Gasteiger partial charge on any atom is 0.221 e. The van der Waals surface area contributed by atoms with Crippen molar-refractivity contribution in [3.05, 3.63) is 41.0 Å². The van der Waals surface area contributed by atoms with E-state index >= 15 is 0 Å². The van der Waals surface area contributed by atoms with E-state index in [-0.39, 0.29) is 5.91 Å². The van der Waals surface area contributed by atoms with Crippen LogP contribution < -0.4 is 10.2 Å². The van der Waals surface area contributed by atoms with E-state index in [0.29, 0.717) is 24.5 Å². The molecule has 1 fully saturated rings. The summed E-state index contributed by atoms with van der Waals surface area (Å²) in [7, 11) is 0. The first-order valence-corrected chi connectivity index (χ1v) is 8.98. The Morgan fingerprint density at radius 3 is 2.83 bits per heavy atom. The number of amides is 1. The van der Waals surface area contributed by atoms with Gasteiger partial charge < -0.3 is 10.2 Å². The van der Waals surface area contributed by atoms with E-state index in [2.05, 4.69) is 25.6 Å². The minimum Gasteiger partial charge on any atom is -0.354 e. The summed E-state index contributed by atoms with van der Waals surface area (Å²) < 4.78 is 0. The van der Waals surface area contributed by atoms with Gasteiger partial charge in [0.25, 0.3) is 0 Å². The average molecular weight is 359 g/mol. The van der Waals surface area contributed by atoms with Gasteiger partial charge >= 0.3 is 0 Å². The van der Waals surface area contributed by atoms with Gasteiger partial charge in [0.1, 0.15) is 17.0 Å². The van der Waals surface area contributed by atoms with Crippen molar-refractivity contribution in [2.75, 3.05) is 24.5 Å². The van der Waals surface area contributed by atoms with Gasteiger partial charge in [-0.2, -0.15) is 0 Å². The molecule has 1 aromatic carbocycles. The first-order chi connectivity index (χ1) is 11.7. The maximum atomic E-state index is 11.6. The summed E-state index contributed by atoms with van der Waals surface area (Å²) in [5.74, 6) is 0.980. The van der Waals surface area contributed by atoms with Gasteiger partial charge in [-0.1, -0.05) is 23.7 Å². The van der Waals surface area contributed by atoms with Crippen molar-refractivity contribution in [3.63, 3.8) is 0 Å². The Kier molecular flexibility index (Phi) is 4.08. The van der Waals surface area contributed by atoms with Crippen LogP contribution in [-0.2, 0) is 4.79 Å². The van der Waals surface area contributed by atoms with Crippen molar-refractivity contribution in [2.45, 2.75) is 6.42 Å². The summed E-state index contributed by atoms with van der Waals surface area (Å²) in [6, 6.07) is 7.79. The second kappa shape index (κ2) is 6.37. The summed E-state index contributed by atoms with van der Waals surface area (Å²) >= 11 is 7.61. The first kappa shape index (κ1) is 15.4. The van der Waals surface area contributed by atoms with Crippen LogP contribution in [0.25, 0.3) is 21.3 Å². The molecule has 0 spiro atoms. The third kappa shape index (κ3) is 2.83. The van der Waals surface area contributed by atoms with Gasteiger partial charge in [0.05, 0.1) is 5.39 Å². The van der Waals surface area contributed by atoms with E-state index in [4.69, 9.17) is 11.6 Å². The lowest BCUT2D eigenvalue weighted by atomic mass is 10.1. The molecule has 0 bridgehead atoms. The highest BCUT2D eigenvalue weighted by atomic mass is 35.5. The van der Waals surface area contributed by atoms with E-state index in [1.165, 1.54) is 0 Å². The lowest BCUT2D eigenvalue weighted by Crippen LogP contribution is -2.29. The molecule has 0 saturated carbocycles. The van der Waals surface area contributed by atoms with Crippen molar-refractivity contribution >= 4 is 44.9 Å². The molecule has 5 nitrogen and oxygen atoms in total. The molecule has 2 aromatic heterocycles. The molecule has 0 radical (unpaired) electrons. The summed E-state index contributed by atoms with van der Waals surface area (Å²) in [5.41, 5.74) is 2.19. The molecule has 1 aliphatic heterocycles. The number of carbonyl (C=O) groups is 1. The standard InChI is InChI=1S/C17H15ClN4OS/c18-12-3-1-11(2-4-12)13-9-24-17-15(13)16(20-10-21-17)22-7-5-14(23)19-6-8-22/h1-4,9-10H,5-8H2,(H,19,23). The van der Waals surface area contributed by atoms with Crippen LogP contribution in [0.1, 0.15) is 6.42 Å². The van der Waals surface area contributed by atoms with Gasteiger partial charge in [0, 0.05) is 42.0 Å². The van der Waals surface area contributed by atoms with Crippen LogP contribution in [0.2, 0.25) is 5.02 Å². The fourth-order valence-electron chi connectivity index (χ4n) is 2.92. The monoisotopic (exact) mass is 358 g/mol. The Labute approximate surface area is 148 Å². The Bertz CT molecular complexity index is 893. The number of anilines is 1. The van der Waals surface area contributed by atoms with Crippen LogP contribution in [0.3, 0.4) is 0 Å². The van der Waals surface area contributed by atoms with Gasteiger partial charge in [-0.3, -0.25) is 4.79 Å². The van der Waals surface area contributed by atoms with E-state index < -0.39 is 0 Å². The van der Waals surface area contributed by atoms with Crippen LogP contribution in [-0.4, -0.2) is 35.5 Å². The average Bonchev–Trinajstić information content (AvgIpc) is 2.91. The molecular formula is C17H15ClN4OS. The van der Waals surface area contributed by atoms with Crippen molar-refractivity contribution in [1.29, 1.82) is 0 Å². The number of rotatable bonds is 2. The molecule has 3 heterocycles. The number of thiophene rings is 1. The molecule has 0 aliphatic carbocycles. The minimum atomic E-state index is 0.0889. The van der Waals surface area contributed by atoms with Crippen molar-refractivity contribution < 1.29 is 4.79 Å². The Morgan fingerprint density at radius 1 is 1.17 bits per heavy atom. The highest BCUT2D eigenvalue weighted by molar-refractivity contribution is 7.17. The minimum absolute atomic E-state index is 0.0889. The third-order valence-corrected chi connectivity index (χ3v) is 5.26. The number of nitrogens with one attached hydrogen (secondary N) is 1. The Morgan fingerprint density at radius 2 is 2.00 bits per heavy atom. The number of aromatic nitrogens is 2. The molecule has 1 aliphatic rings. The second-order valence-electron chi connectivity index (χ2n) is 5.62. The summed E-state index contributed by atoms with van der Waals surface area (Å²) in [4.78, 5) is 23.7. The Hall–Kier alpha value is -2.18. The van der Waals surface area contributed by atoms with Crippen molar-refractivity contribution in [1.82, 2.24) is 15.3 Å². The number of nitrogens with zero attached hydrogens (tertiary/aromatic N) is 3. The fourth-order valence-corrected chi connectivity index (χ4v) is 3.96. The van der Waals surface area contributed by atoms with Crippen LogP contribution >= 0.6 is 22.9 Å². The molecule has 3 aromatic rings. The molecule has 1 N–H and O–H groups in total. The fraction of sp³-hybridized carbons (Fsp3) is 0.235. The summed E-state index contributed by atoms with van der Waals surface area (Å²) in [6.07, 6.45) is 2.08. The lowest BCUT2D eigenvalue weighted by Gasteiger charge is -2.21. The van der Waals surface area contributed by atoms with E-state index in [9.17, 15) is 4.79 Å². The predicted octanol–water partition coefficient (Wildman–Crippen LogP) is 3.34. The molecule has 4 rings (SSSR count). The maximum absolute atomic E-state index is 11.6. The first-order valence-electron chi connectivity index (χ1n) is 7.72. The zero-order valence-corrected chi connectivity index (χ0v) is 14.4. The van der Waals surface area contributed by atoms with E-state index in [0.717, 1.165) is 33.7 Å². The molecule has 24 heavy (non-hydrogen) atoms. The second-order valence-corrected chi connectivity index (χ2v) is 6.92. The van der Waals surface area contributed by atoms with Crippen molar-refractivity contribution in [3.8, 4) is 11.1 Å². The quantitative estimate of drug-likeness (QED) is 0.763. The number of fused-ring (bicyclic) bond motifs is 1. The smallest absolute Gasteiger partial charge is 0.221 e. The normalized spacial score (nSPS) is 15.4. The third-order valence-electron chi connectivity index (χ3n) is 4.12. The van der Waals surface area contributed by atoms with Gasteiger partial charge in [-0.15, -0.1) is 11.3 Å². The van der Waals surface area contributed by atoms with Crippen LogP contribution in [0.5, 0.6) is 0 Å². The van der Waals surface area contributed by atoms with Gasteiger partial charge in [-0.05, 0) is 17.7 Å². The van der Waals surface area contributed by atoms with Crippen LogP contribution in [0, 0.1) is 0 Å². The highest BCUT2D eigenvalue weighted by Crippen LogP contribution is 2.38. The number of carbonyl (C=O) groups excluding carboxylic acids is 1. The zero-order chi connectivity index (χ0) is 16.5. The molecule has 7 heteroatoms. The number of benzene rings is 1. The summed E-state index contributed by atoms with van der Waals surface area (Å²) in [5, 5.41) is 6.76. The SMILES string of the molecule is O=C1CCN(c2ncnc3scc(-c4ccc(Cl)cc4)c23)CCN1. The lowest BCUT2D eigenvalue weighted by molar-refractivity contribution is -0.120. The predicted molar refractivity (Wildman–Crippen MR) is 97.7 cm³/mol. The largest absolute Gasteiger partial charge is 0.354 e. The van der Waals surface area contributed by atoms with Gasteiger partial charge in [-0.25, -0.2) is 9.97 Å².